The van der Waals surface area contributed by atoms with E-state index in [0.717, 1.165) is 5.75 Å². The lowest BCUT2D eigenvalue weighted by Gasteiger charge is -2.37. The van der Waals surface area contributed by atoms with Gasteiger partial charge in [0, 0.05) is 13.1 Å². The first-order chi connectivity index (χ1) is 8.08. The van der Waals surface area contributed by atoms with Crippen LogP contribution in [0.5, 0.6) is 0 Å². The Morgan fingerprint density at radius 2 is 2.35 bits per heavy atom. The van der Waals surface area contributed by atoms with Gasteiger partial charge >= 0.3 is 0 Å². The van der Waals surface area contributed by atoms with E-state index in [0.29, 0.717) is 19.5 Å². The summed E-state index contributed by atoms with van der Waals surface area (Å²) in [5.41, 5.74) is 5.86. The summed E-state index contributed by atoms with van der Waals surface area (Å²) >= 11 is 1.68. The van der Waals surface area contributed by atoms with Crippen molar-refractivity contribution in [3.05, 3.63) is 0 Å². The summed E-state index contributed by atoms with van der Waals surface area (Å²) < 4.78 is 5.49. The Bertz CT molecular complexity index is 253. The lowest BCUT2D eigenvalue weighted by molar-refractivity contribution is -0.148. The number of aliphatic hydroxyl groups excluding tert-OH is 1. The minimum atomic E-state index is -0.438. The first kappa shape index (κ1) is 14.8. The summed E-state index contributed by atoms with van der Waals surface area (Å²) in [6, 6.07) is -0.438. The van der Waals surface area contributed by atoms with E-state index in [1.54, 1.807) is 16.7 Å². The Labute approximate surface area is 107 Å². The molecule has 0 aromatic heterocycles. The number of morpholine rings is 1. The van der Waals surface area contributed by atoms with Crippen molar-refractivity contribution >= 4 is 17.7 Å². The van der Waals surface area contributed by atoms with Gasteiger partial charge in [-0.1, -0.05) is 0 Å². The van der Waals surface area contributed by atoms with E-state index in [-0.39, 0.29) is 24.7 Å². The van der Waals surface area contributed by atoms with Gasteiger partial charge in [0.05, 0.1) is 24.9 Å². The van der Waals surface area contributed by atoms with Crippen LogP contribution in [0.1, 0.15) is 13.3 Å². The van der Waals surface area contributed by atoms with Crippen molar-refractivity contribution in [3.8, 4) is 0 Å². The average Bonchev–Trinajstić information content (AvgIpc) is 2.34. The second-order valence-electron chi connectivity index (χ2n) is 4.38. The predicted octanol–water partition coefficient (Wildman–Crippen LogP) is -0.325. The van der Waals surface area contributed by atoms with Crippen molar-refractivity contribution in [1.82, 2.24) is 4.90 Å². The number of hydrogen-bond acceptors (Lipinski definition) is 5. The molecule has 0 saturated carbocycles. The van der Waals surface area contributed by atoms with E-state index in [2.05, 4.69) is 0 Å². The number of ether oxygens (including phenoxy) is 1. The van der Waals surface area contributed by atoms with Crippen LogP contribution in [0.2, 0.25) is 0 Å². The Morgan fingerprint density at radius 1 is 1.65 bits per heavy atom. The summed E-state index contributed by atoms with van der Waals surface area (Å²) in [5, 5.41) is 9.09. The standard InChI is InChI=1S/C11H22N2O3S/c1-8-5-13(6-9(7-14)16-8)11(15)10(12)3-4-17-2/h8-10,14H,3-7,12H2,1-2H3/t8?,9?,10-/m1/s1. The summed E-state index contributed by atoms with van der Waals surface area (Å²) in [6.45, 7) is 2.83. The molecule has 0 bridgehead atoms. The predicted molar refractivity (Wildman–Crippen MR) is 69.0 cm³/mol. The van der Waals surface area contributed by atoms with Crippen LogP contribution in [-0.4, -0.2) is 65.9 Å². The molecule has 1 fully saturated rings. The fourth-order valence-electron chi connectivity index (χ4n) is 1.93. The molecule has 17 heavy (non-hydrogen) atoms. The number of thioether (sulfide) groups is 1. The maximum atomic E-state index is 12.1. The zero-order valence-electron chi connectivity index (χ0n) is 10.5. The van der Waals surface area contributed by atoms with E-state index in [1.165, 1.54) is 0 Å². The zero-order chi connectivity index (χ0) is 12.8. The van der Waals surface area contributed by atoms with Gasteiger partial charge in [-0.25, -0.2) is 0 Å². The number of aliphatic hydroxyl groups is 1. The highest BCUT2D eigenvalue weighted by atomic mass is 32.2. The quantitative estimate of drug-likeness (QED) is 0.710. The average molecular weight is 262 g/mol. The van der Waals surface area contributed by atoms with Gasteiger partial charge in [0.15, 0.2) is 0 Å². The van der Waals surface area contributed by atoms with Crippen molar-refractivity contribution in [2.24, 2.45) is 5.73 Å². The van der Waals surface area contributed by atoms with Crippen LogP contribution < -0.4 is 5.73 Å². The molecule has 2 unspecified atom stereocenters. The highest BCUT2D eigenvalue weighted by Crippen LogP contribution is 2.12. The smallest absolute Gasteiger partial charge is 0.239 e. The summed E-state index contributed by atoms with van der Waals surface area (Å²) in [6.07, 6.45) is 2.36. The number of carbonyl (C=O) groups is 1. The SMILES string of the molecule is CSCC[C@@H](N)C(=O)N1CC(C)OC(CO)C1. The number of amides is 1. The Balaban J connectivity index is 2.49. The highest BCUT2D eigenvalue weighted by Gasteiger charge is 2.30. The molecule has 0 aromatic carbocycles. The van der Waals surface area contributed by atoms with Gasteiger partial charge in [-0.3, -0.25) is 4.79 Å². The zero-order valence-corrected chi connectivity index (χ0v) is 11.3. The van der Waals surface area contributed by atoms with Crippen LogP contribution in [0, 0.1) is 0 Å². The molecule has 0 spiro atoms. The normalized spacial score (nSPS) is 26.9. The summed E-state index contributed by atoms with van der Waals surface area (Å²) in [5.74, 6) is 0.851. The Kier molecular flexibility index (Phi) is 6.26. The lowest BCUT2D eigenvalue weighted by Crippen LogP contribution is -2.54. The van der Waals surface area contributed by atoms with Gasteiger partial charge in [0.1, 0.15) is 0 Å². The maximum absolute atomic E-state index is 12.1. The van der Waals surface area contributed by atoms with Crippen molar-refractivity contribution in [3.63, 3.8) is 0 Å². The van der Waals surface area contributed by atoms with Crippen LogP contribution in [0.25, 0.3) is 0 Å². The second kappa shape index (κ2) is 7.20. The van der Waals surface area contributed by atoms with Crippen molar-refractivity contribution in [2.75, 3.05) is 31.7 Å². The van der Waals surface area contributed by atoms with Crippen LogP contribution in [0.15, 0.2) is 0 Å². The minimum absolute atomic E-state index is 0.0346. The second-order valence-corrected chi connectivity index (χ2v) is 5.37. The van der Waals surface area contributed by atoms with Gasteiger partial charge in [-0.2, -0.15) is 11.8 Å². The largest absolute Gasteiger partial charge is 0.394 e. The van der Waals surface area contributed by atoms with E-state index in [9.17, 15) is 4.79 Å². The first-order valence-corrected chi connectivity index (χ1v) is 7.27. The van der Waals surface area contributed by atoms with Gasteiger partial charge < -0.3 is 20.5 Å². The highest BCUT2D eigenvalue weighted by molar-refractivity contribution is 7.98. The van der Waals surface area contributed by atoms with Gasteiger partial charge in [0.25, 0.3) is 0 Å². The lowest BCUT2D eigenvalue weighted by atomic mass is 10.1. The molecule has 3 atom stereocenters. The topological polar surface area (TPSA) is 75.8 Å². The van der Waals surface area contributed by atoms with Gasteiger partial charge in [-0.15, -0.1) is 0 Å². The molecule has 5 nitrogen and oxygen atoms in total. The van der Waals surface area contributed by atoms with E-state index >= 15 is 0 Å². The third-order valence-electron chi connectivity index (χ3n) is 2.79. The number of nitrogens with two attached hydrogens (primary N) is 1. The molecule has 6 heteroatoms. The number of nitrogens with zero attached hydrogens (tertiary/aromatic N) is 1. The molecule has 1 heterocycles. The molecule has 0 aliphatic carbocycles. The molecular weight excluding hydrogens is 240 g/mol. The molecular formula is C11H22N2O3S. The van der Waals surface area contributed by atoms with Crippen LogP contribution in [-0.2, 0) is 9.53 Å². The monoisotopic (exact) mass is 262 g/mol. The molecule has 1 aliphatic heterocycles. The Hall–Kier alpha value is -0.300. The molecule has 1 amide bonds. The third-order valence-corrected chi connectivity index (χ3v) is 3.44. The van der Waals surface area contributed by atoms with Crippen LogP contribution >= 0.6 is 11.8 Å². The number of rotatable bonds is 5. The molecule has 1 saturated heterocycles. The van der Waals surface area contributed by atoms with Crippen molar-refractivity contribution in [2.45, 2.75) is 31.6 Å². The molecule has 100 valence electrons. The van der Waals surface area contributed by atoms with Crippen LogP contribution in [0.3, 0.4) is 0 Å². The maximum Gasteiger partial charge on any atom is 0.239 e. The summed E-state index contributed by atoms with van der Waals surface area (Å²) in [7, 11) is 0. The molecule has 0 aromatic rings. The van der Waals surface area contributed by atoms with E-state index < -0.39 is 6.04 Å². The van der Waals surface area contributed by atoms with Gasteiger partial charge in [-0.05, 0) is 25.4 Å². The fraction of sp³-hybridized carbons (Fsp3) is 0.909. The summed E-state index contributed by atoms with van der Waals surface area (Å²) in [4.78, 5) is 13.8. The minimum Gasteiger partial charge on any atom is -0.394 e. The van der Waals surface area contributed by atoms with Crippen molar-refractivity contribution in [1.29, 1.82) is 0 Å². The first-order valence-electron chi connectivity index (χ1n) is 5.88. The molecule has 3 N–H and O–H groups in total. The molecule has 1 rings (SSSR count). The number of hydrogen-bond donors (Lipinski definition) is 2. The van der Waals surface area contributed by atoms with E-state index in [4.69, 9.17) is 15.6 Å². The molecule has 0 radical (unpaired) electrons. The third kappa shape index (κ3) is 4.46. The molecule has 1 aliphatic rings. The van der Waals surface area contributed by atoms with Gasteiger partial charge in [0.2, 0.25) is 5.91 Å². The number of carbonyl (C=O) groups excluding carboxylic acids is 1. The Morgan fingerprint density at radius 3 is 2.94 bits per heavy atom. The van der Waals surface area contributed by atoms with Crippen molar-refractivity contribution < 1.29 is 14.6 Å². The fourth-order valence-corrected chi connectivity index (χ4v) is 2.42. The van der Waals surface area contributed by atoms with E-state index in [1.807, 2.05) is 13.2 Å². The van der Waals surface area contributed by atoms with Crippen LogP contribution in [0.4, 0.5) is 0 Å².